The van der Waals surface area contributed by atoms with Crippen LogP contribution >= 0.6 is 0 Å². The van der Waals surface area contributed by atoms with Gasteiger partial charge in [0.25, 0.3) is 0 Å². The predicted molar refractivity (Wildman–Crippen MR) is 69.4 cm³/mol. The van der Waals surface area contributed by atoms with Gasteiger partial charge in [0.1, 0.15) is 5.82 Å². The number of aliphatic hydroxyl groups excluding tert-OH is 1. The average Bonchev–Trinajstić information content (AvgIpc) is 2.81. The van der Waals surface area contributed by atoms with Gasteiger partial charge < -0.3 is 10.8 Å². The first kappa shape index (κ1) is 14.2. The highest BCUT2D eigenvalue weighted by Gasteiger charge is 2.37. The number of benzene rings is 1. The largest absolute Gasteiger partial charge is 0.396 e. The van der Waals surface area contributed by atoms with Crippen LogP contribution in [0.15, 0.2) is 23.1 Å². The number of hydrogen-bond acceptors (Lipinski definition) is 4. The van der Waals surface area contributed by atoms with Gasteiger partial charge in [0.05, 0.1) is 22.7 Å². The van der Waals surface area contributed by atoms with E-state index in [1.165, 1.54) is 0 Å². The van der Waals surface area contributed by atoms with E-state index in [4.69, 9.17) is 5.73 Å². The summed E-state index contributed by atoms with van der Waals surface area (Å²) in [4.78, 5) is -0.0916. The summed E-state index contributed by atoms with van der Waals surface area (Å²) in [6, 6.07) is 3.26. The van der Waals surface area contributed by atoms with Crippen molar-refractivity contribution in [1.82, 2.24) is 4.72 Å². The number of nitrogens with two attached hydrogens (primary N) is 1. The number of hydrogen-bond donors (Lipinski definition) is 3. The molecule has 19 heavy (non-hydrogen) atoms. The number of nitrogen functional groups attached to an aromatic ring is 1. The van der Waals surface area contributed by atoms with Crippen LogP contribution in [-0.4, -0.2) is 25.7 Å². The van der Waals surface area contributed by atoms with E-state index in [1.54, 1.807) is 0 Å². The molecule has 0 saturated heterocycles. The zero-order valence-corrected chi connectivity index (χ0v) is 11.2. The van der Waals surface area contributed by atoms with Crippen molar-refractivity contribution < 1.29 is 17.9 Å². The van der Waals surface area contributed by atoms with Gasteiger partial charge in [-0.3, -0.25) is 0 Å². The number of rotatable bonds is 4. The molecule has 0 heterocycles. The lowest BCUT2D eigenvalue weighted by Crippen LogP contribution is -2.49. The summed E-state index contributed by atoms with van der Waals surface area (Å²) < 4.78 is 40.0. The van der Waals surface area contributed by atoms with E-state index in [2.05, 4.69) is 4.72 Å². The topological polar surface area (TPSA) is 92.4 Å². The zero-order chi connectivity index (χ0) is 14.1. The smallest absolute Gasteiger partial charge is 0.241 e. The monoisotopic (exact) mass is 288 g/mol. The summed E-state index contributed by atoms with van der Waals surface area (Å²) >= 11 is 0. The summed E-state index contributed by atoms with van der Waals surface area (Å²) in [6.45, 7) is -0.247. The van der Waals surface area contributed by atoms with Gasteiger partial charge in [0.15, 0.2) is 0 Å². The van der Waals surface area contributed by atoms with Crippen LogP contribution in [0.3, 0.4) is 0 Å². The molecule has 106 valence electrons. The molecular weight excluding hydrogens is 271 g/mol. The fourth-order valence-electron chi connectivity index (χ4n) is 2.38. The van der Waals surface area contributed by atoms with Crippen molar-refractivity contribution in [1.29, 1.82) is 0 Å². The maximum atomic E-state index is 13.1. The first-order chi connectivity index (χ1) is 8.88. The molecule has 7 heteroatoms. The fraction of sp³-hybridized carbons (Fsp3) is 0.500. The Morgan fingerprint density at radius 1 is 1.37 bits per heavy atom. The van der Waals surface area contributed by atoms with Gasteiger partial charge in [-0.25, -0.2) is 17.5 Å². The Morgan fingerprint density at radius 2 is 2.00 bits per heavy atom. The average molecular weight is 288 g/mol. The summed E-state index contributed by atoms with van der Waals surface area (Å²) in [5.41, 5.74) is 4.36. The predicted octanol–water partition coefficient (Wildman–Crippen LogP) is 0.991. The van der Waals surface area contributed by atoms with Crippen LogP contribution in [0.4, 0.5) is 10.1 Å². The molecule has 2 rings (SSSR count). The maximum absolute atomic E-state index is 13.1. The van der Waals surface area contributed by atoms with Gasteiger partial charge in [-0.05, 0) is 31.0 Å². The highest BCUT2D eigenvalue weighted by atomic mass is 32.2. The molecule has 0 aliphatic heterocycles. The molecule has 0 bridgehead atoms. The van der Waals surface area contributed by atoms with E-state index >= 15 is 0 Å². The summed E-state index contributed by atoms with van der Waals surface area (Å²) in [5, 5.41) is 9.41. The van der Waals surface area contributed by atoms with Gasteiger partial charge in [0.2, 0.25) is 10.0 Å². The number of anilines is 1. The highest BCUT2D eigenvalue weighted by molar-refractivity contribution is 7.89. The van der Waals surface area contributed by atoms with Crippen LogP contribution in [-0.2, 0) is 10.0 Å². The number of sulfonamides is 1. The van der Waals surface area contributed by atoms with E-state index in [0.717, 1.165) is 31.0 Å². The van der Waals surface area contributed by atoms with Gasteiger partial charge in [-0.1, -0.05) is 12.8 Å². The molecule has 1 aromatic carbocycles. The molecule has 1 saturated carbocycles. The second kappa shape index (κ2) is 5.07. The second-order valence-electron chi connectivity index (χ2n) is 4.93. The van der Waals surface area contributed by atoms with E-state index in [0.29, 0.717) is 12.8 Å². The maximum Gasteiger partial charge on any atom is 0.241 e. The van der Waals surface area contributed by atoms with Crippen molar-refractivity contribution in [3.63, 3.8) is 0 Å². The Hall–Kier alpha value is -1.18. The van der Waals surface area contributed by atoms with Gasteiger partial charge in [0, 0.05) is 0 Å². The Balaban J connectivity index is 2.29. The van der Waals surface area contributed by atoms with Gasteiger partial charge in [-0.2, -0.15) is 0 Å². The molecule has 0 aromatic heterocycles. The molecule has 0 radical (unpaired) electrons. The third-order valence-corrected chi connectivity index (χ3v) is 5.07. The Kier molecular flexibility index (Phi) is 3.80. The van der Waals surface area contributed by atoms with Crippen LogP contribution < -0.4 is 10.5 Å². The molecule has 0 spiro atoms. The molecular formula is C12H17FN2O3S. The fourth-order valence-corrected chi connectivity index (χ4v) is 3.86. The van der Waals surface area contributed by atoms with Crippen molar-refractivity contribution in [2.45, 2.75) is 36.1 Å². The van der Waals surface area contributed by atoms with Crippen molar-refractivity contribution in [3.8, 4) is 0 Å². The molecule has 1 aliphatic carbocycles. The van der Waals surface area contributed by atoms with E-state index in [-0.39, 0.29) is 17.2 Å². The standard InChI is InChI=1S/C12H17FN2O3S/c13-10-4-3-9(7-11(10)14)19(17,18)15-12(8-16)5-1-2-6-12/h3-4,7,15-16H,1-2,5-6,8,14H2. The molecule has 1 fully saturated rings. The third-order valence-electron chi connectivity index (χ3n) is 3.49. The minimum Gasteiger partial charge on any atom is -0.396 e. The minimum absolute atomic E-state index is 0.0916. The van der Waals surface area contributed by atoms with Crippen molar-refractivity contribution in [3.05, 3.63) is 24.0 Å². The number of nitrogens with one attached hydrogen (secondary N) is 1. The van der Waals surface area contributed by atoms with Crippen LogP contribution in [0, 0.1) is 5.82 Å². The van der Waals surface area contributed by atoms with Crippen LogP contribution in [0.25, 0.3) is 0 Å². The summed E-state index contributed by atoms with van der Waals surface area (Å²) in [6.07, 6.45) is 2.93. The minimum atomic E-state index is -3.81. The van der Waals surface area contributed by atoms with Gasteiger partial charge in [-0.15, -0.1) is 0 Å². The summed E-state index contributed by atoms with van der Waals surface area (Å²) in [7, 11) is -3.81. The Morgan fingerprint density at radius 3 is 2.53 bits per heavy atom. The van der Waals surface area contributed by atoms with Crippen LogP contribution in [0.5, 0.6) is 0 Å². The first-order valence-corrected chi connectivity index (χ1v) is 7.57. The first-order valence-electron chi connectivity index (χ1n) is 6.08. The molecule has 0 amide bonds. The second-order valence-corrected chi connectivity index (χ2v) is 6.62. The van der Waals surface area contributed by atoms with Gasteiger partial charge >= 0.3 is 0 Å². The Labute approximate surface area is 111 Å². The normalized spacial score (nSPS) is 18.6. The zero-order valence-electron chi connectivity index (χ0n) is 10.4. The quantitative estimate of drug-likeness (QED) is 0.720. The highest BCUT2D eigenvalue weighted by Crippen LogP contribution is 2.31. The van der Waals surface area contributed by atoms with Crippen LogP contribution in [0.1, 0.15) is 25.7 Å². The molecule has 5 nitrogen and oxygen atoms in total. The third kappa shape index (κ3) is 2.88. The molecule has 1 aromatic rings. The molecule has 0 unspecified atom stereocenters. The van der Waals surface area contributed by atoms with E-state index in [1.807, 2.05) is 0 Å². The SMILES string of the molecule is Nc1cc(S(=O)(=O)NC2(CO)CCCC2)ccc1F. The molecule has 0 atom stereocenters. The van der Waals surface area contributed by atoms with Crippen molar-refractivity contribution in [2.24, 2.45) is 0 Å². The van der Waals surface area contributed by atoms with Crippen molar-refractivity contribution in [2.75, 3.05) is 12.3 Å². The van der Waals surface area contributed by atoms with E-state index < -0.39 is 21.4 Å². The van der Waals surface area contributed by atoms with Crippen LogP contribution in [0.2, 0.25) is 0 Å². The lowest BCUT2D eigenvalue weighted by atomic mass is 10.0. The molecule has 4 N–H and O–H groups in total. The number of halogens is 1. The summed E-state index contributed by atoms with van der Waals surface area (Å²) in [5.74, 6) is -0.656. The Bertz CT molecular complexity index is 568. The number of aliphatic hydroxyl groups is 1. The van der Waals surface area contributed by atoms with E-state index in [9.17, 15) is 17.9 Å². The lowest BCUT2D eigenvalue weighted by Gasteiger charge is -2.27. The lowest BCUT2D eigenvalue weighted by molar-refractivity contribution is 0.185. The molecule has 1 aliphatic rings. The van der Waals surface area contributed by atoms with Crippen molar-refractivity contribution >= 4 is 15.7 Å².